The minimum atomic E-state index is -0.541. The first-order valence-electron chi connectivity index (χ1n) is 10.4. The van der Waals surface area contributed by atoms with E-state index in [1.54, 1.807) is 7.11 Å². The average molecular weight is 450 g/mol. The summed E-state index contributed by atoms with van der Waals surface area (Å²) in [5.74, 6) is 1.63. The van der Waals surface area contributed by atoms with E-state index in [-0.39, 0.29) is 5.41 Å². The molecule has 3 aliphatic heterocycles. The van der Waals surface area contributed by atoms with Crippen LogP contribution < -0.4 is 14.8 Å². The van der Waals surface area contributed by atoms with Gasteiger partial charge < -0.3 is 24.3 Å². The molecule has 1 aromatic rings. The molecular formula is C22H28BrNO4. The zero-order chi connectivity index (χ0) is 19.2. The monoisotopic (exact) mass is 449 g/mol. The molecule has 5 rings (SSSR count). The predicted octanol–water partition coefficient (Wildman–Crippen LogP) is 4.07. The van der Waals surface area contributed by atoms with E-state index in [4.69, 9.17) is 18.9 Å². The highest BCUT2D eigenvalue weighted by Crippen LogP contribution is 2.56. The van der Waals surface area contributed by atoms with E-state index in [0.29, 0.717) is 19.1 Å². The fourth-order valence-corrected chi connectivity index (χ4v) is 6.08. The second kappa shape index (κ2) is 7.31. The van der Waals surface area contributed by atoms with Crippen molar-refractivity contribution in [3.63, 3.8) is 0 Å². The Morgan fingerprint density at radius 1 is 1.18 bits per heavy atom. The van der Waals surface area contributed by atoms with Crippen molar-refractivity contribution in [1.82, 2.24) is 5.32 Å². The molecule has 28 heavy (non-hydrogen) atoms. The Morgan fingerprint density at radius 2 is 2.04 bits per heavy atom. The minimum Gasteiger partial charge on any atom is -0.493 e. The van der Waals surface area contributed by atoms with Crippen LogP contribution in [0.3, 0.4) is 0 Å². The Labute approximate surface area is 174 Å². The number of halogens is 1. The van der Waals surface area contributed by atoms with E-state index in [2.05, 4.69) is 39.5 Å². The molecule has 2 atom stereocenters. The summed E-state index contributed by atoms with van der Waals surface area (Å²) in [5.41, 5.74) is 2.48. The zero-order valence-corrected chi connectivity index (χ0v) is 18.0. The van der Waals surface area contributed by atoms with Crippen LogP contribution in [0, 0.1) is 5.92 Å². The second-order valence-corrected chi connectivity index (χ2v) is 9.15. The Balaban J connectivity index is 1.75. The van der Waals surface area contributed by atoms with Crippen molar-refractivity contribution in [1.29, 1.82) is 0 Å². The fourth-order valence-electron chi connectivity index (χ4n) is 5.53. The Bertz CT molecular complexity index is 789. The van der Waals surface area contributed by atoms with Gasteiger partial charge in [0.1, 0.15) is 0 Å². The number of hydrogen-bond acceptors (Lipinski definition) is 5. The second-order valence-electron chi connectivity index (χ2n) is 8.30. The largest absolute Gasteiger partial charge is 0.493 e. The molecule has 3 heterocycles. The molecule has 2 spiro atoms. The van der Waals surface area contributed by atoms with E-state index in [1.165, 1.54) is 11.1 Å². The van der Waals surface area contributed by atoms with Gasteiger partial charge in [-0.05, 0) is 55.9 Å². The average Bonchev–Trinajstić information content (AvgIpc) is 3.09. The lowest BCUT2D eigenvalue weighted by molar-refractivity contribution is -0.141. The molecule has 1 N–H and O–H groups in total. The van der Waals surface area contributed by atoms with E-state index in [9.17, 15) is 0 Å². The molecule has 0 aromatic heterocycles. The molecule has 0 saturated carbocycles. The van der Waals surface area contributed by atoms with Crippen molar-refractivity contribution in [3.05, 3.63) is 33.8 Å². The van der Waals surface area contributed by atoms with E-state index >= 15 is 0 Å². The third-order valence-electron chi connectivity index (χ3n) is 6.86. The van der Waals surface area contributed by atoms with Crippen molar-refractivity contribution in [3.8, 4) is 11.5 Å². The molecule has 1 saturated heterocycles. The molecule has 1 fully saturated rings. The lowest BCUT2D eigenvalue weighted by Crippen LogP contribution is -2.45. The molecular weight excluding hydrogens is 422 g/mol. The van der Waals surface area contributed by atoms with Crippen molar-refractivity contribution < 1.29 is 18.9 Å². The maximum absolute atomic E-state index is 6.38. The van der Waals surface area contributed by atoms with Crippen LogP contribution in [0.5, 0.6) is 11.5 Å². The Hall–Kier alpha value is -1.08. The predicted molar refractivity (Wildman–Crippen MR) is 110 cm³/mol. The topological polar surface area (TPSA) is 49.0 Å². The van der Waals surface area contributed by atoms with E-state index < -0.39 is 5.79 Å². The van der Waals surface area contributed by atoms with Gasteiger partial charge in [-0.3, -0.25) is 0 Å². The van der Waals surface area contributed by atoms with Crippen LogP contribution in [0.4, 0.5) is 0 Å². The molecule has 0 bridgehead atoms. The van der Waals surface area contributed by atoms with Crippen LogP contribution in [0.2, 0.25) is 0 Å². The van der Waals surface area contributed by atoms with Gasteiger partial charge in [0.2, 0.25) is 0 Å². The molecule has 4 aliphatic rings. The van der Waals surface area contributed by atoms with Crippen LogP contribution in [-0.4, -0.2) is 39.3 Å². The Morgan fingerprint density at radius 3 is 2.86 bits per heavy atom. The van der Waals surface area contributed by atoms with Gasteiger partial charge >= 0.3 is 0 Å². The normalized spacial score (nSPS) is 31.0. The van der Waals surface area contributed by atoms with Crippen LogP contribution in [-0.2, 0) is 21.4 Å². The Kier molecular flexibility index (Phi) is 4.94. The maximum atomic E-state index is 6.38. The van der Waals surface area contributed by atoms with Crippen molar-refractivity contribution in [2.24, 2.45) is 5.92 Å². The van der Waals surface area contributed by atoms with Gasteiger partial charge in [0.25, 0.3) is 0 Å². The number of benzene rings is 1. The third-order valence-corrected chi connectivity index (χ3v) is 7.57. The first kappa shape index (κ1) is 18.9. The SMILES string of the molecule is COc1cc(Br)c2c3c1OCCCCC1CC4(C=CC31CCNC2)OCCO4. The zero-order valence-electron chi connectivity index (χ0n) is 16.4. The smallest absolute Gasteiger partial charge is 0.188 e. The van der Waals surface area contributed by atoms with Crippen molar-refractivity contribution >= 4 is 15.9 Å². The number of rotatable bonds is 1. The van der Waals surface area contributed by atoms with Gasteiger partial charge in [-0.2, -0.15) is 0 Å². The maximum Gasteiger partial charge on any atom is 0.188 e. The summed E-state index contributed by atoms with van der Waals surface area (Å²) in [5, 5.41) is 3.62. The van der Waals surface area contributed by atoms with Gasteiger partial charge in [0.05, 0.1) is 26.9 Å². The van der Waals surface area contributed by atoms with Crippen LogP contribution in [0.15, 0.2) is 22.7 Å². The molecule has 1 aromatic carbocycles. The quantitative estimate of drug-likeness (QED) is 0.654. The number of nitrogens with one attached hydrogen (secondary N) is 1. The van der Waals surface area contributed by atoms with E-state index in [1.807, 2.05) is 0 Å². The van der Waals surface area contributed by atoms with Gasteiger partial charge in [0, 0.05) is 28.4 Å². The van der Waals surface area contributed by atoms with Crippen LogP contribution in [0.25, 0.3) is 0 Å². The van der Waals surface area contributed by atoms with Gasteiger partial charge in [-0.1, -0.05) is 22.0 Å². The highest BCUT2D eigenvalue weighted by molar-refractivity contribution is 9.10. The van der Waals surface area contributed by atoms with Crippen molar-refractivity contribution in [2.45, 2.75) is 49.9 Å². The van der Waals surface area contributed by atoms with Crippen LogP contribution >= 0.6 is 15.9 Å². The summed E-state index contributed by atoms with van der Waals surface area (Å²) in [4.78, 5) is 0. The fraction of sp³-hybridized carbons (Fsp3) is 0.636. The molecule has 2 unspecified atom stereocenters. The molecule has 6 heteroatoms. The summed E-state index contributed by atoms with van der Waals surface area (Å²) in [6.45, 7) is 3.88. The van der Waals surface area contributed by atoms with Gasteiger partial charge in [-0.25, -0.2) is 0 Å². The lowest BCUT2D eigenvalue weighted by Gasteiger charge is -2.46. The van der Waals surface area contributed by atoms with Crippen molar-refractivity contribution in [2.75, 3.05) is 33.5 Å². The number of ether oxygens (including phenoxy) is 4. The summed E-state index contributed by atoms with van der Waals surface area (Å²) >= 11 is 3.81. The first-order valence-corrected chi connectivity index (χ1v) is 11.2. The highest BCUT2D eigenvalue weighted by Gasteiger charge is 2.51. The lowest BCUT2D eigenvalue weighted by atomic mass is 9.60. The van der Waals surface area contributed by atoms with Crippen LogP contribution in [0.1, 0.15) is 43.2 Å². The molecule has 0 radical (unpaired) electrons. The summed E-state index contributed by atoms with van der Waals surface area (Å²) in [6, 6.07) is 2.05. The summed E-state index contributed by atoms with van der Waals surface area (Å²) < 4.78 is 25.4. The number of hydrogen-bond donors (Lipinski definition) is 1. The number of allylic oxidation sites excluding steroid dienone is 1. The third kappa shape index (κ3) is 2.92. The molecule has 1 aliphatic carbocycles. The van der Waals surface area contributed by atoms with E-state index in [0.717, 1.165) is 67.8 Å². The molecule has 0 amide bonds. The summed E-state index contributed by atoms with van der Waals surface area (Å²) in [7, 11) is 1.73. The molecule has 152 valence electrons. The standard InChI is InChI=1S/C22H28BrNO4/c1-25-18-12-17(23)16-14-24-8-7-21-5-6-22(27-10-11-28-22)13-15(21)4-2-3-9-26-20(18)19(16)21/h5-6,12,15,24H,2-4,7-11,13-14H2,1H3. The van der Waals surface area contributed by atoms with Gasteiger partial charge in [0.15, 0.2) is 17.3 Å². The van der Waals surface area contributed by atoms with Gasteiger partial charge in [-0.15, -0.1) is 0 Å². The summed E-state index contributed by atoms with van der Waals surface area (Å²) in [6.07, 6.45) is 9.84. The highest BCUT2D eigenvalue weighted by atomic mass is 79.9. The minimum absolute atomic E-state index is 0.101. The molecule has 5 nitrogen and oxygen atoms in total. The first-order chi connectivity index (χ1) is 13.7. The number of methoxy groups -OCH3 is 1.